The number of amides is 1. The highest BCUT2D eigenvalue weighted by Crippen LogP contribution is 2.28. The maximum Gasteiger partial charge on any atom is 0.295 e. The van der Waals surface area contributed by atoms with E-state index in [0.717, 1.165) is 31.5 Å². The molecule has 3 rings (SSSR count). The van der Waals surface area contributed by atoms with Crippen molar-refractivity contribution < 1.29 is 9.21 Å². The van der Waals surface area contributed by atoms with Gasteiger partial charge < -0.3 is 9.32 Å². The molecule has 1 aromatic carbocycles. The van der Waals surface area contributed by atoms with E-state index in [0.29, 0.717) is 17.3 Å². The second kappa shape index (κ2) is 5.12. The first-order valence-corrected chi connectivity index (χ1v) is 7.00. The van der Waals surface area contributed by atoms with Crippen LogP contribution in [0.25, 0.3) is 0 Å². The molecule has 4 heteroatoms. The van der Waals surface area contributed by atoms with Gasteiger partial charge in [-0.15, -0.1) is 0 Å². The van der Waals surface area contributed by atoms with E-state index in [1.54, 1.807) is 6.92 Å². The van der Waals surface area contributed by atoms with Gasteiger partial charge in [-0.1, -0.05) is 18.2 Å². The molecular formula is C16H18N2O2. The molecule has 1 aliphatic rings. The molecule has 104 valence electrons. The molecule has 0 atom stereocenters. The average molecular weight is 270 g/mol. The van der Waals surface area contributed by atoms with E-state index >= 15 is 0 Å². The number of fused-ring (bicyclic) bond motifs is 1. The summed E-state index contributed by atoms with van der Waals surface area (Å²) in [6.45, 7) is 4.31. The number of aromatic nitrogens is 1. The third-order valence-electron chi connectivity index (χ3n) is 3.70. The van der Waals surface area contributed by atoms with Crippen LogP contribution in [0, 0.1) is 13.8 Å². The highest BCUT2D eigenvalue weighted by molar-refractivity contribution is 6.05. The molecule has 0 fully saturated rings. The zero-order chi connectivity index (χ0) is 14.1. The Morgan fingerprint density at radius 3 is 2.80 bits per heavy atom. The summed E-state index contributed by atoms with van der Waals surface area (Å²) in [6.07, 6.45) is 3.14. The lowest BCUT2D eigenvalue weighted by molar-refractivity contribution is 0.0958. The largest absolute Gasteiger partial charge is 0.436 e. The number of para-hydroxylation sites is 1. The number of carbonyl (C=O) groups excluding carboxylic acids is 1. The quantitative estimate of drug-likeness (QED) is 0.799. The fourth-order valence-electron chi connectivity index (χ4n) is 2.75. The minimum absolute atomic E-state index is 0.0857. The summed E-state index contributed by atoms with van der Waals surface area (Å²) in [6, 6.07) is 8.11. The topological polar surface area (TPSA) is 46.3 Å². The summed E-state index contributed by atoms with van der Waals surface area (Å²) in [4.78, 5) is 18.8. The van der Waals surface area contributed by atoms with Crippen molar-refractivity contribution in [2.45, 2.75) is 33.1 Å². The zero-order valence-electron chi connectivity index (χ0n) is 11.8. The Kier molecular flexibility index (Phi) is 3.30. The average Bonchev–Trinajstić information content (AvgIpc) is 2.66. The van der Waals surface area contributed by atoms with Crippen LogP contribution in [-0.2, 0) is 6.42 Å². The van der Waals surface area contributed by atoms with Gasteiger partial charge >= 0.3 is 0 Å². The van der Waals surface area contributed by atoms with E-state index in [4.69, 9.17) is 4.42 Å². The van der Waals surface area contributed by atoms with E-state index < -0.39 is 0 Å². The Balaban J connectivity index is 2.01. The minimum atomic E-state index is -0.0857. The molecule has 20 heavy (non-hydrogen) atoms. The molecule has 2 heterocycles. The fourth-order valence-corrected chi connectivity index (χ4v) is 2.75. The Labute approximate surface area is 118 Å². The molecule has 0 unspecified atom stereocenters. The van der Waals surface area contributed by atoms with Gasteiger partial charge in [-0.05, 0) is 37.8 Å². The van der Waals surface area contributed by atoms with Gasteiger partial charge in [0.2, 0.25) is 5.76 Å². The van der Waals surface area contributed by atoms with Crippen LogP contribution in [0.15, 0.2) is 28.7 Å². The van der Waals surface area contributed by atoms with Crippen molar-refractivity contribution in [2.24, 2.45) is 0 Å². The summed E-state index contributed by atoms with van der Waals surface area (Å²) in [5.41, 5.74) is 2.89. The molecule has 0 bridgehead atoms. The van der Waals surface area contributed by atoms with E-state index in [-0.39, 0.29) is 5.91 Å². The van der Waals surface area contributed by atoms with E-state index in [9.17, 15) is 4.79 Å². The first-order chi connectivity index (χ1) is 9.66. The molecule has 0 aliphatic carbocycles. The predicted molar refractivity (Wildman–Crippen MR) is 77.0 cm³/mol. The van der Waals surface area contributed by atoms with Crippen LogP contribution in [0.4, 0.5) is 5.69 Å². The number of anilines is 1. The van der Waals surface area contributed by atoms with Crippen LogP contribution in [-0.4, -0.2) is 17.4 Å². The molecule has 1 aliphatic heterocycles. The van der Waals surface area contributed by atoms with Crippen LogP contribution in [0.2, 0.25) is 0 Å². The molecule has 0 N–H and O–H groups in total. The number of rotatable bonds is 1. The fraction of sp³-hybridized carbons (Fsp3) is 0.375. The SMILES string of the molecule is Cc1nc(C)c(C(=O)N2CCCCc3ccccc32)o1. The van der Waals surface area contributed by atoms with E-state index in [1.165, 1.54) is 5.56 Å². The lowest BCUT2D eigenvalue weighted by Crippen LogP contribution is -2.31. The van der Waals surface area contributed by atoms with Gasteiger partial charge in [0.15, 0.2) is 5.89 Å². The molecule has 0 spiro atoms. The lowest BCUT2D eigenvalue weighted by Gasteiger charge is -2.21. The molecular weight excluding hydrogens is 252 g/mol. The van der Waals surface area contributed by atoms with E-state index in [1.807, 2.05) is 30.0 Å². The summed E-state index contributed by atoms with van der Waals surface area (Å²) < 4.78 is 5.48. The normalized spacial score (nSPS) is 14.8. The van der Waals surface area contributed by atoms with E-state index in [2.05, 4.69) is 11.1 Å². The zero-order valence-corrected chi connectivity index (χ0v) is 11.8. The highest BCUT2D eigenvalue weighted by Gasteiger charge is 2.26. The molecule has 0 radical (unpaired) electrons. The van der Waals surface area contributed by atoms with Crippen molar-refractivity contribution in [3.63, 3.8) is 0 Å². The molecule has 2 aromatic rings. The first kappa shape index (κ1) is 12.9. The van der Waals surface area contributed by atoms with Gasteiger partial charge in [-0.2, -0.15) is 0 Å². The third kappa shape index (κ3) is 2.22. The monoisotopic (exact) mass is 270 g/mol. The maximum atomic E-state index is 12.7. The number of hydrogen-bond donors (Lipinski definition) is 0. The third-order valence-corrected chi connectivity index (χ3v) is 3.70. The smallest absolute Gasteiger partial charge is 0.295 e. The van der Waals surface area contributed by atoms with Crippen molar-refractivity contribution in [2.75, 3.05) is 11.4 Å². The van der Waals surface area contributed by atoms with Crippen LogP contribution >= 0.6 is 0 Å². The van der Waals surface area contributed by atoms with Crippen molar-refractivity contribution in [1.82, 2.24) is 4.98 Å². The van der Waals surface area contributed by atoms with Gasteiger partial charge in [-0.25, -0.2) is 4.98 Å². The Morgan fingerprint density at radius 1 is 1.25 bits per heavy atom. The second-order valence-corrected chi connectivity index (χ2v) is 5.19. The van der Waals surface area contributed by atoms with Gasteiger partial charge in [0.1, 0.15) is 0 Å². The van der Waals surface area contributed by atoms with Gasteiger partial charge in [0, 0.05) is 19.2 Å². The highest BCUT2D eigenvalue weighted by atomic mass is 16.4. The number of benzene rings is 1. The lowest BCUT2D eigenvalue weighted by atomic mass is 10.1. The first-order valence-electron chi connectivity index (χ1n) is 7.00. The number of aryl methyl sites for hydroxylation is 3. The molecule has 0 saturated heterocycles. The number of hydrogen-bond acceptors (Lipinski definition) is 3. The summed E-state index contributed by atoms with van der Waals surface area (Å²) in [7, 11) is 0. The van der Waals surface area contributed by atoms with Crippen molar-refractivity contribution >= 4 is 11.6 Å². The number of nitrogens with zero attached hydrogens (tertiary/aromatic N) is 2. The Bertz CT molecular complexity index is 646. The number of oxazole rings is 1. The standard InChI is InChI=1S/C16H18N2O2/c1-11-15(20-12(2)17-11)16(19)18-10-6-5-8-13-7-3-4-9-14(13)18/h3-4,7,9H,5-6,8,10H2,1-2H3. The Morgan fingerprint density at radius 2 is 2.05 bits per heavy atom. The minimum Gasteiger partial charge on any atom is -0.436 e. The van der Waals surface area contributed by atoms with Gasteiger partial charge in [-0.3, -0.25) is 4.79 Å². The molecule has 1 aromatic heterocycles. The molecule has 1 amide bonds. The Hall–Kier alpha value is -2.10. The molecule has 0 saturated carbocycles. The van der Waals surface area contributed by atoms with Crippen molar-refractivity contribution in [1.29, 1.82) is 0 Å². The van der Waals surface area contributed by atoms with Crippen LogP contribution in [0.3, 0.4) is 0 Å². The van der Waals surface area contributed by atoms with Crippen LogP contribution < -0.4 is 4.90 Å². The second-order valence-electron chi connectivity index (χ2n) is 5.19. The van der Waals surface area contributed by atoms with Crippen LogP contribution in [0.5, 0.6) is 0 Å². The summed E-state index contributed by atoms with van der Waals surface area (Å²) in [5, 5.41) is 0. The predicted octanol–water partition coefficient (Wildman–Crippen LogP) is 3.27. The summed E-state index contributed by atoms with van der Waals surface area (Å²) in [5.74, 6) is 0.811. The number of carbonyl (C=O) groups is 1. The van der Waals surface area contributed by atoms with Gasteiger partial charge in [0.05, 0.1) is 5.69 Å². The van der Waals surface area contributed by atoms with Crippen molar-refractivity contribution in [3.8, 4) is 0 Å². The summed E-state index contributed by atoms with van der Waals surface area (Å²) >= 11 is 0. The molecule has 4 nitrogen and oxygen atoms in total. The maximum absolute atomic E-state index is 12.7. The van der Waals surface area contributed by atoms with Crippen molar-refractivity contribution in [3.05, 3.63) is 47.2 Å². The van der Waals surface area contributed by atoms with Crippen LogP contribution in [0.1, 0.15) is 40.5 Å². The van der Waals surface area contributed by atoms with Gasteiger partial charge in [0.25, 0.3) is 5.91 Å².